The summed E-state index contributed by atoms with van der Waals surface area (Å²) in [5, 5.41) is 3.96. The fraction of sp³-hybridized carbons (Fsp3) is 0.353. The van der Waals surface area contributed by atoms with E-state index in [4.69, 9.17) is 16.0 Å². The quantitative estimate of drug-likeness (QED) is 0.793. The summed E-state index contributed by atoms with van der Waals surface area (Å²) in [4.78, 5) is 13.0. The van der Waals surface area contributed by atoms with Gasteiger partial charge in [-0.15, -0.1) is 0 Å². The normalized spacial score (nSPS) is 10.7. The first-order chi connectivity index (χ1) is 10.6. The molecule has 1 amide bonds. The zero-order chi connectivity index (χ0) is 15.9. The van der Waals surface area contributed by atoms with Gasteiger partial charge in [0.15, 0.2) is 0 Å². The molecule has 2 aromatic rings. The van der Waals surface area contributed by atoms with E-state index in [1.165, 1.54) is 0 Å². The monoisotopic (exact) mass is 320 g/mol. The molecule has 5 heteroatoms. The van der Waals surface area contributed by atoms with Gasteiger partial charge in [0.05, 0.1) is 11.6 Å². The van der Waals surface area contributed by atoms with Crippen molar-refractivity contribution in [3.63, 3.8) is 0 Å². The third-order valence-electron chi connectivity index (χ3n) is 3.34. The van der Waals surface area contributed by atoms with Crippen LogP contribution < -0.4 is 5.32 Å². The zero-order valence-electron chi connectivity index (χ0n) is 12.9. The molecule has 118 valence electrons. The summed E-state index contributed by atoms with van der Waals surface area (Å²) >= 11 is 6.16. The average Bonchev–Trinajstić information content (AvgIpc) is 2.95. The van der Waals surface area contributed by atoms with Crippen LogP contribution in [-0.2, 0) is 11.3 Å². The van der Waals surface area contributed by atoms with Gasteiger partial charge in [-0.3, -0.25) is 4.79 Å². The summed E-state index contributed by atoms with van der Waals surface area (Å²) in [6.07, 6.45) is 1.37. The van der Waals surface area contributed by atoms with E-state index < -0.39 is 0 Å². The highest BCUT2D eigenvalue weighted by atomic mass is 35.5. The number of carbonyl (C=O) groups excluding carboxylic acids is 1. The zero-order valence-corrected chi connectivity index (χ0v) is 13.7. The Bertz CT molecular complexity index is 623. The van der Waals surface area contributed by atoms with Crippen LogP contribution in [0.2, 0.25) is 5.02 Å². The molecular weight excluding hydrogens is 300 g/mol. The molecule has 4 nitrogen and oxygen atoms in total. The van der Waals surface area contributed by atoms with E-state index in [0.29, 0.717) is 18.0 Å². The molecule has 2 rings (SSSR count). The van der Waals surface area contributed by atoms with Gasteiger partial charge in [0, 0.05) is 26.1 Å². The molecule has 0 unspecified atom stereocenters. The molecule has 0 aliphatic carbocycles. The van der Waals surface area contributed by atoms with E-state index in [-0.39, 0.29) is 5.91 Å². The predicted octanol–water partition coefficient (Wildman–Crippen LogP) is 3.56. The fourth-order valence-corrected chi connectivity index (χ4v) is 2.31. The molecule has 0 bridgehead atoms. The van der Waals surface area contributed by atoms with E-state index in [2.05, 4.69) is 5.32 Å². The lowest BCUT2D eigenvalue weighted by Gasteiger charge is -2.09. The van der Waals surface area contributed by atoms with Crippen molar-refractivity contribution in [2.45, 2.75) is 19.4 Å². The Morgan fingerprint density at radius 2 is 2.00 bits per heavy atom. The Kier molecular flexibility index (Phi) is 6.04. The second-order valence-electron chi connectivity index (χ2n) is 5.31. The van der Waals surface area contributed by atoms with E-state index in [9.17, 15) is 4.79 Å². The van der Waals surface area contributed by atoms with Gasteiger partial charge in [0.25, 0.3) is 0 Å². The second kappa shape index (κ2) is 8.01. The van der Waals surface area contributed by atoms with Crippen LogP contribution in [0.3, 0.4) is 0 Å². The molecule has 0 saturated heterocycles. The highest BCUT2D eigenvalue weighted by Crippen LogP contribution is 2.28. The Morgan fingerprint density at radius 3 is 2.73 bits per heavy atom. The number of rotatable bonds is 7. The van der Waals surface area contributed by atoms with Gasteiger partial charge in [-0.2, -0.15) is 0 Å². The van der Waals surface area contributed by atoms with Crippen molar-refractivity contribution in [1.29, 1.82) is 0 Å². The van der Waals surface area contributed by atoms with E-state index in [0.717, 1.165) is 30.0 Å². The minimum Gasteiger partial charge on any atom is -0.460 e. The molecular formula is C17H21ClN2O2. The van der Waals surface area contributed by atoms with Crippen LogP contribution >= 0.6 is 11.6 Å². The Labute approximate surface area is 136 Å². The molecule has 0 aliphatic heterocycles. The van der Waals surface area contributed by atoms with Crippen molar-refractivity contribution in [2.75, 3.05) is 20.6 Å². The van der Waals surface area contributed by atoms with Crippen molar-refractivity contribution in [3.05, 3.63) is 47.2 Å². The highest BCUT2D eigenvalue weighted by molar-refractivity contribution is 6.33. The van der Waals surface area contributed by atoms with Crippen molar-refractivity contribution in [1.82, 2.24) is 10.2 Å². The lowest BCUT2D eigenvalue weighted by Crippen LogP contribution is -2.23. The molecule has 1 aromatic carbocycles. The first kappa shape index (κ1) is 16.6. The molecule has 1 aromatic heterocycles. The van der Waals surface area contributed by atoms with E-state index >= 15 is 0 Å². The minimum atomic E-state index is 0.154. The maximum atomic E-state index is 11.4. The first-order valence-electron chi connectivity index (χ1n) is 7.32. The van der Waals surface area contributed by atoms with E-state index in [1.807, 2.05) is 36.4 Å². The van der Waals surface area contributed by atoms with Crippen molar-refractivity contribution in [3.8, 4) is 11.3 Å². The number of furan rings is 1. The molecule has 22 heavy (non-hydrogen) atoms. The van der Waals surface area contributed by atoms with Crippen LogP contribution in [0.1, 0.15) is 18.6 Å². The van der Waals surface area contributed by atoms with Crippen LogP contribution in [0.25, 0.3) is 11.3 Å². The third kappa shape index (κ3) is 4.61. The molecule has 1 heterocycles. The summed E-state index contributed by atoms with van der Waals surface area (Å²) < 4.78 is 5.79. The number of halogens is 1. The average molecular weight is 321 g/mol. The standard InChI is InChI=1S/C17H21ClN2O2/c1-20(2)17(21)8-5-11-19-12-13-9-10-16(22-13)14-6-3-4-7-15(14)18/h3-4,6-7,9-10,19H,5,8,11-12H2,1-2H3. The van der Waals surface area contributed by atoms with Crippen molar-refractivity contribution in [2.24, 2.45) is 0 Å². The van der Waals surface area contributed by atoms with Crippen LogP contribution in [0.15, 0.2) is 40.8 Å². The Morgan fingerprint density at radius 1 is 1.23 bits per heavy atom. The minimum absolute atomic E-state index is 0.154. The molecule has 0 atom stereocenters. The summed E-state index contributed by atoms with van der Waals surface area (Å²) in [5.74, 6) is 1.78. The summed E-state index contributed by atoms with van der Waals surface area (Å²) in [7, 11) is 3.55. The summed E-state index contributed by atoms with van der Waals surface area (Å²) in [6, 6.07) is 11.5. The van der Waals surface area contributed by atoms with E-state index in [1.54, 1.807) is 19.0 Å². The topological polar surface area (TPSA) is 45.5 Å². The van der Waals surface area contributed by atoms with Crippen molar-refractivity contribution >= 4 is 17.5 Å². The van der Waals surface area contributed by atoms with Crippen molar-refractivity contribution < 1.29 is 9.21 Å². The SMILES string of the molecule is CN(C)C(=O)CCCNCc1ccc(-c2ccccc2Cl)o1. The number of hydrogen-bond acceptors (Lipinski definition) is 3. The van der Waals surface area contributed by atoms with Gasteiger partial charge >= 0.3 is 0 Å². The maximum Gasteiger partial charge on any atom is 0.222 e. The third-order valence-corrected chi connectivity index (χ3v) is 3.67. The molecule has 1 N–H and O–H groups in total. The van der Waals surface area contributed by atoms with Crippen LogP contribution in [0, 0.1) is 0 Å². The largest absolute Gasteiger partial charge is 0.460 e. The van der Waals surface area contributed by atoms with Crippen LogP contribution in [-0.4, -0.2) is 31.4 Å². The number of hydrogen-bond donors (Lipinski definition) is 1. The molecule has 0 spiro atoms. The van der Waals surface area contributed by atoms with Gasteiger partial charge in [0.1, 0.15) is 11.5 Å². The summed E-state index contributed by atoms with van der Waals surface area (Å²) in [5.41, 5.74) is 0.895. The van der Waals surface area contributed by atoms with Gasteiger partial charge in [-0.05, 0) is 37.2 Å². The van der Waals surface area contributed by atoms with Gasteiger partial charge < -0.3 is 14.6 Å². The molecule has 0 fully saturated rings. The number of amides is 1. The smallest absolute Gasteiger partial charge is 0.222 e. The second-order valence-corrected chi connectivity index (χ2v) is 5.72. The molecule has 0 saturated carbocycles. The number of benzene rings is 1. The highest BCUT2D eigenvalue weighted by Gasteiger charge is 2.08. The number of nitrogens with one attached hydrogen (secondary N) is 1. The molecule has 0 aliphatic rings. The Hall–Kier alpha value is -1.78. The van der Waals surface area contributed by atoms with Gasteiger partial charge in [0.2, 0.25) is 5.91 Å². The van der Waals surface area contributed by atoms with Crippen LogP contribution in [0.5, 0.6) is 0 Å². The Balaban J connectivity index is 1.79. The van der Waals surface area contributed by atoms with Gasteiger partial charge in [-0.25, -0.2) is 0 Å². The lowest BCUT2D eigenvalue weighted by atomic mass is 10.2. The fourth-order valence-electron chi connectivity index (χ4n) is 2.08. The summed E-state index contributed by atoms with van der Waals surface area (Å²) in [6.45, 7) is 1.42. The number of nitrogens with zero attached hydrogens (tertiary/aromatic N) is 1. The first-order valence-corrected chi connectivity index (χ1v) is 7.70. The van der Waals surface area contributed by atoms with Gasteiger partial charge in [-0.1, -0.05) is 23.7 Å². The maximum absolute atomic E-state index is 11.4. The number of carbonyl (C=O) groups is 1. The predicted molar refractivity (Wildman–Crippen MR) is 88.8 cm³/mol. The van der Waals surface area contributed by atoms with Crippen LogP contribution in [0.4, 0.5) is 0 Å². The lowest BCUT2D eigenvalue weighted by molar-refractivity contribution is -0.128. The molecule has 0 radical (unpaired) electrons.